The molecule has 10 nitrogen and oxygen atoms in total. The van der Waals surface area contributed by atoms with Crippen LogP contribution in [0.4, 0.5) is 0 Å². The molecule has 0 radical (unpaired) electrons. The zero-order chi connectivity index (χ0) is 33.9. The summed E-state index contributed by atoms with van der Waals surface area (Å²) in [6.45, 7) is 0.914. The van der Waals surface area contributed by atoms with Gasteiger partial charge in [0.1, 0.15) is 5.75 Å². The summed E-state index contributed by atoms with van der Waals surface area (Å²) >= 11 is 16.1. The number of aliphatic hydroxyl groups excluding tert-OH is 1. The first-order chi connectivity index (χ1) is 23.3. The van der Waals surface area contributed by atoms with E-state index in [1.54, 1.807) is 24.3 Å². The van der Waals surface area contributed by atoms with Crippen molar-refractivity contribution in [3.8, 4) is 5.75 Å². The van der Waals surface area contributed by atoms with Crippen molar-refractivity contribution < 1.29 is 19.4 Å². The molecule has 13 heteroatoms. The average molecular weight is 752 g/mol. The minimum atomic E-state index is -1.49. The molecule has 0 aliphatic carbocycles. The van der Waals surface area contributed by atoms with Crippen LogP contribution >= 0.6 is 39.1 Å². The van der Waals surface area contributed by atoms with Crippen LogP contribution in [0, 0.1) is 0 Å². The maximum absolute atomic E-state index is 14.6. The fourth-order valence-electron chi connectivity index (χ4n) is 5.40. The first-order valence-corrected chi connectivity index (χ1v) is 16.8. The molecule has 0 spiro atoms. The standard InChI is InChI=1S/C35H33BrCl2N6O4/c36-30-9-4-3-8-29(30)32-35(21-25-6-1-2-7-26(25)22-41-44-39,34(46)43-40-17-16-23-10-13-27(37)20-31(23)38)42-33(48-32)24-11-14-28(15-12-24)47-19-5-18-45/h1-4,6-15,20,32,40,45H,5,16-19,21-22H2,(H,43,46)/t32-,35-/m0/s1. The minimum Gasteiger partial charge on any atom is -0.494 e. The third-order valence-electron chi connectivity index (χ3n) is 7.84. The lowest BCUT2D eigenvalue weighted by atomic mass is 9.81. The number of carbonyl (C=O) groups is 1. The van der Waals surface area contributed by atoms with Crippen LogP contribution in [0.15, 0.2) is 106 Å². The minimum absolute atomic E-state index is 0.0407. The number of aliphatic imine (C=N–C) groups is 1. The Labute approximate surface area is 296 Å². The van der Waals surface area contributed by atoms with Crippen LogP contribution in [0.5, 0.6) is 5.75 Å². The molecule has 4 aromatic rings. The predicted octanol–water partition coefficient (Wildman–Crippen LogP) is 7.69. The van der Waals surface area contributed by atoms with Gasteiger partial charge in [-0.15, -0.1) is 0 Å². The highest BCUT2D eigenvalue weighted by atomic mass is 79.9. The van der Waals surface area contributed by atoms with E-state index in [1.807, 2.05) is 66.7 Å². The largest absolute Gasteiger partial charge is 0.494 e. The molecule has 0 bridgehead atoms. The molecule has 248 valence electrons. The number of hydrazine groups is 1. The number of azide groups is 1. The first-order valence-electron chi connectivity index (χ1n) is 15.2. The van der Waals surface area contributed by atoms with Crippen molar-refractivity contribution in [3.63, 3.8) is 0 Å². The Morgan fingerprint density at radius 3 is 2.52 bits per heavy atom. The van der Waals surface area contributed by atoms with Crippen LogP contribution in [0.3, 0.4) is 0 Å². The second-order valence-corrected chi connectivity index (χ2v) is 12.7. The number of rotatable bonds is 15. The number of aliphatic hydroxyl groups is 1. The molecule has 0 saturated carbocycles. The van der Waals surface area contributed by atoms with Crippen LogP contribution in [0.2, 0.25) is 10.0 Å². The van der Waals surface area contributed by atoms with Gasteiger partial charge in [-0.3, -0.25) is 10.2 Å². The number of hydrogen-bond acceptors (Lipinski definition) is 7. The summed E-state index contributed by atoms with van der Waals surface area (Å²) < 4.78 is 13.1. The van der Waals surface area contributed by atoms with Crippen LogP contribution in [0.1, 0.15) is 40.3 Å². The number of hydrogen-bond donors (Lipinski definition) is 3. The van der Waals surface area contributed by atoms with Gasteiger partial charge in [0.2, 0.25) is 5.90 Å². The molecular formula is C35H33BrCl2N6O4. The number of benzene rings is 4. The zero-order valence-electron chi connectivity index (χ0n) is 25.8. The highest BCUT2D eigenvalue weighted by Crippen LogP contribution is 2.45. The predicted molar refractivity (Wildman–Crippen MR) is 190 cm³/mol. The number of amides is 1. The molecule has 0 saturated heterocycles. The van der Waals surface area contributed by atoms with E-state index in [-0.39, 0.29) is 25.5 Å². The SMILES string of the molecule is [N-]=[N+]=NCc1ccccc1C[C@]1(C(=O)NNCCc2ccc(Cl)cc2Cl)N=C(c2ccc(OCCCO)cc2)O[C@H]1c1ccccc1Br. The van der Waals surface area contributed by atoms with Crippen molar-refractivity contribution in [1.82, 2.24) is 10.9 Å². The summed E-state index contributed by atoms with van der Waals surface area (Å²) in [6.07, 6.45) is 0.344. The molecule has 1 heterocycles. The second-order valence-electron chi connectivity index (χ2n) is 11.0. The first kappa shape index (κ1) is 35.2. The average Bonchev–Trinajstić information content (AvgIpc) is 3.47. The number of carbonyl (C=O) groups excluding carboxylic acids is 1. The highest BCUT2D eigenvalue weighted by molar-refractivity contribution is 9.10. The van der Waals surface area contributed by atoms with Crippen LogP contribution in [-0.2, 0) is 28.9 Å². The Balaban J connectivity index is 1.52. The molecule has 3 N–H and O–H groups in total. The highest BCUT2D eigenvalue weighted by Gasteiger charge is 2.54. The lowest BCUT2D eigenvalue weighted by molar-refractivity contribution is -0.130. The van der Waals surface area contributed by atoms with E-state index in [1.165, 1.54) is 0 Å². The van der Waals surface area contributed by atoms with Crippen molar-refractivity contribution in [2.24, 2.45) is 10.1 Å². The molecule has 1 aliphatic heterocycles. The van der Waals surface area contributed by atoms with Gasteiger partial charge in [0.05, 0.1) is 13.2 Å². The fraction of sp³-hybridized carbons (Fsp3) is 0.257. The number of nitrogens with one attached hydrogen (secondary N) is 2. The van der Waals surface area contributed by atoms with Gasteiger partial charge in [0.15, 0.2) is 11.6 Å². The van der Waals surface area contributed by atoms with Crippen molar-refractivity contribution in [1.29, 1.82) is 0 Å². The van der Waals surface area contributed by atoms with E-state index in [9.17, 15) is 4.79 Å². The summed E-state index contributed by atoms with van der Waals surface area (Å²) in [4.78, 5) is 22.6. The van der Waals surface area contributed by atoms with Crippen LogP contribution < -0.4 is 15.6 Å². The molecule has 0 unspecified atom stereocenters. The molecule has 48 heavy (non-hydrogen) atoms. The fourth-order valence-corrected chi connectivity index (χ4v) is 6.40. The quantitative estimate of drug-likeness (QED) is 0.0376. The molecular weight excluding hydrogens is 719 g/mol. The van der Waals surface area contributed by atoms with Crippen molar-refractivity contribution in [3.05, 3.63) is 144 Å². The Morgan fingerprint density at radius 2 is 1.79 bits per heavy atom. The van der Waals surface area contributed by atoms with Gasteiger partial charge in [-0.05, 0) is 71.1 Å². The van der Waals surface area contributed by atoms with E-state index in [0.717, 1.165) is 26.7 Å². The van der Waals surface area contributed by atoms with E-state index >= 15 is 0 Å². The molecule has 1 aliphatic rings. The molecule has 2 atom stereocenters. The van der Waals surface area contributed by atoms with E-state index in [2.05, 4.69) is 36.8 Å². The molecule has 0 aromatic heterocycles. The normalized spacial score (nSPS) is 16.8. The van der Waals surface area contributed by atoms with E-state index in [0.29, 0.717) is 47.4 Å². The number of halogens is 3. The third-order valence-corrected chi connectivity index (χ3v) is 9.15. The van der Waals surface area contributed by atoms with E-state index < -0.39 is 17.6 Å². The maximum Gasteiger partial charge on any atom is 0.266 e. The van der Waals surface area contributed by atoms with Crippen LogP contribution in [-0.4, -0.2) is 42.2 Å². The van der Waals surface area contributed by atoms with Crippen molar-refractivity contribution in [2.45, 2.75) is 37.5 Å². The summed E-state index contributed by atoms with van der Waals surface area (Å²) in [6, 6.07) is 27.6. The molecule has 5 rings (SSSR count). The molecule has 4 aromatic carbocycles. The van der Waals surface area contributed by atoms with Crippen molar-refractivity contribution in [2.75, 3.05) is 19.8 Å². The number of nitrogens with zero attached hydrogens (tertiary/aromatic N) is 4. The van der Waals surface area contributed by atoms with Gasteiger partial charge < -0.3 is 14.6 Å². The summed E-state index contributed by atoms with van der Waals surface area (Å²) in [5.41, 5.74) is 17.3. The third kappa shape index (κ3) is 8.49. The van der Waals surface area contributed by atoms with Gasteiger partial charge in [-0.1, -0.05) is 92.8 Å². The second kappa shape index (κ2) is 16.8. The zero-order valence-corrected chi connectivity index (χ0v) is 28.9. The Hall–Kier alpha value is -4.09. The van der Waals surface area contributed by atoms with Gasteiger partial charge in [0, 0.05) is 56.5 Å². The smallest absolute Gasteiger partial charge is 0.266 e. The topological polar surface area (TPSA) is 141 Å². The van der Waals surface area contributed by atoms with Gasteiger partial charge in [0.25, 0.3) is 5.91 Å². The molecule has 1 amide bonds. The summed E-state index contributed by atoms with van der Waals surface area (Å²) in [7, 11) is 0. The summed E-state index contributed by atoms with van der Waals surface area (Å²) in [5.74, 6) is 0.505. The Kier molecular flexibility index (Phi) is 12.4. The van der Waals surface area contributed by atoms with Gasteiger partial charge in [-0.25, -0.2) is 10.4 Å². The molecule has 0 fully saturated rings. The van der Waals surface area contributed by atoms with Crippen molar-refractivity contribution >= 4 is 50.9 Å². The Bertz CT molecular complexity index is 1820. The Morgan fingerprint density at radius 1 is 1.04 bits per heavy atom. The lowest BCUT2D eigenvalue weighted by Gasteiger charge is -2.32. The lowest BCUT2D eigenvalue weighted by Crippen LogP contribution is -2.54. The monoisotopic (exact) mass is 750 g/mol. The van der Waals surface area contributed by atoms with E-state index in [4.69, 9.17) is 48.3 Å². The maximum atomic E-state index is 14.6. The van der Waals surface area contributed by atoms with Gasteiger partial charge >= 0.3 is 0 Å². The van der Waals surface area contributed by atoms with Gasteiger partial charge in [-0.2, -0.15) is 0 Å². The van der Waals surface area contributed by atoms with Crippen LogP contribution in [0.25, 0.3) is 10.4 Å². The summed E-state index contributed by atoms with van der Waals surface area (Å²) in [5, 5.41) is 14.0. The number of ether oxygens (including phenoxy) is 2.